The number of hydrogen-bond acceptors (Lipinski definition) is 4. The maximum absolute atomic E-state index is 12.6. The molecule has 6 nitrogen and oxygen atoms in total. The second-order valence-corrected chi connectivity index (χ2v) is 8.90. The molecule has 1 saturated heterocycles. The minimum Gasteiger partial charge on any atom is -0.348 e. The van der Waals surface area contributed by atoms with E-state index in [1.165, 1.54) is 5.56 Å². The van der Waals surface area contributed by atoms with Gasteiger partial charge in [0.25, 0.3) is 5.91 Å². The number of aryl methyl sites for hydroxylation is 1. The van der Waals surface area contributed by atoms with Crippen LogP contribution >= 0.6 is 11.6 Å². The average molecular weight is 452 g/mol. The van der Waals surface area contributed by atoms with Crippen LogP contribution in [0, 0.1) is 13.8 Å². The highest BCUT2D eigenvalue weighted by molar-refractivity contribution is 6.31. The third-order valence-electron chi connectivity index (χ3n) is 6.06. The van der Waals surface area contributed by atoms with E-state index in [1.54, 1.807) is 4.68 Å². The van der Waals surface area contributed by atoms with Gasteiger partial charge < -0.3 is 10.2 Å². The molecule has 1 N–H and O–H groups in total. The lowest BCUT2D eigenvalue weighted by Gasteiger charge is -2.32. The minimum absolute atomic E-state index is 0.0931. The van der Waals surface area contributed by atoms with Gasteiger partial charge in [-0.2, -0.15) is 5.10 Å². The molecule has 0 bridgehead atoms. The van der Waals surface area contributed by atoms with E-state index in [1.807, 2.05) is 38.1 Å². The van der Waals surface area contributed by atoms with Gasteiger partial charge in [-0.05, 0) is 56.3 Å². The Hall–Kier alpha value is -2.67. The van der Waals surface area contributed by atoms with Gasteiger partial charge in [-0.1, -0.05) is 35.9 Å². The minimum atomic E-state index is -0.0931. The molecule has 0 saturated carbocycles. The van der Waals surface area contributed by atoms with Crippen LogP contribution in [0.2, 0.25) is 5.02 Å². The van der Waals surface area contributed by atoms with Crippen LogP contribution in [0.4, 0.5) is 0 Å². The number of benzene rings is 2. The molecule has 1 amide bonds. The van der Waals surface area contributed by atoms with Gasteiger partial charge in [-0.3, -0.25) is 9.69 Å². The molecule has 1 aliphatic heterocycles. The lowest BCUT2D eigenvalue weighted by Crippen LogP contribution is -2.43. The lowest BCUT2D eigenvalue weighted by atomic mass is 10.1. The van der Waals surface area contributed by atoms with Gasteiger partial charge in [0, 0.05) is 44.8 Å². The molecule has 2 heterocycles. The Balaban J connectivity index is 1.31. The van der Waals surface area contributed by atoms with E-state index < -0.39 is 0 Å². The van der Waals surface area contributed by atoms with Crippen LogP contribution in [0.15, 0.2) is 48.5 Å². The van der Waals surface area contributed by atoms with E-state index >= 15 is 0 Å². The Morgan fingerprint density at radius 2 is 1.59 bits per heavy atom. The second kappa shape index (κ2) is 9.86. The zero-order valence-electron chi connectivity index (χ0n) is 18.9. The highest BCUT2D eigenvalue weighted by Gasteiger charge is 2.14. The Labute approximate surface area is 194 Å². The van der Waals surface area contributed by atoms with E-state index in [2.05, 4.69) is 51.5 Å². The number of aromatic nitrogens is 2. The predicted molar refractivity (Wildman–Crippen MR) is 128 cm³/mol. The lowest BCUT2D eigenvalue weighted by molar-refractivity contribution is 0.0951. The maximum Gasteiger partial charge on any atom is 0.251 e. The largest absolute Gasteiger partial charge is 0.348 e. The molecule has 7 heteroatoms. The van der Waals surface area contributed by atoms with Crippen LogP contribution in [-0.4, -0.2) is 58.7 Å². The summed E-state index contributed by atoms with van der Waals surface area (Å²) in [6.45, 7) is 9.77. The van der Waals surface area contributed by atoms with Crippen molar-refractivity contribution in [1.82, 2.24) is 24.9 Å². The molecule has 4 rings (SSSR count). The first-order chi connectivity index (χ1) is 15.4. The standard InChI is InChI=1S/C25H30ClN5O/c1-18-24(26)19(2)31(28-18)23-10-8-22(9-11-23)25(32)27-16-20-4-6-21(7-5-20)17-30-14-12-29(3)13-15-30/h4-11H,12-17H2,1-3H3,(H,27,32). The van der Waals surface area contributed by atoms with E-state index in [0.29, 0.717) is 17.1 Å². The molecular weight excluding hydrogens is 422 g/mol. The van der Waals surface area contributed by atoms with Crippen LogP contribution in [0.3, 0.4) is 0 Å². The quantitative estimate of drug-likeness (QED) is 0.619. The SMILES string of the molecule is Cc1nn(-c2ccc(C(=O)NCc3ccc(CN4CCN(C)CC4)cc3)cc2)c(C)c1Cl. The fraction of sp³-hybridized carbons (Fsp3) is 0.360. The van der Waals surface area contributed by atoms with Crippen LogP contribution in [0.5, 0.6) is 0 Å². The van der Waals surface area contributed by atoms with E-state index in [-0.39, 0.29) is 5.91 Å². The molecule has 2 aromatic carbocycles. The van der Waals surface area contributed by atoms with Crippen LogP contribution < -0.4 is 5.32 Å². The van der Waals surface area contributed by atoms with Crippen molar-refractivity contribution >= 4 is 17.5 Å². The van der Waals surface area contributed by atoms with Gasteiger partial charge in [0.1, 0.15) is 0 Å². The predicted octanol–water partition coefficient (Wildman–Crippen LogP) is 3.82. The zero-order chi connectivity index (χ0) is 22.7. The molecule has 1 aliphatic rings. The first kappa shape index (κ1) is 22.5. The second-order valence-electron chi connectivity index (χ2n) is 8.52. The van der Waals surface area contributed by atoms with Gasteiger partial charge in [-0.25, -0.2) is 4.68 Å². The van der Waals surface area contributed by atoms with Crippen LogP contribution in [0.1, 0.15) is 32.9 Å². The van der Waals surface area contributed by atoms with Crippen molar-refractivity contribution in [3.63, 3.8) is 0 Å². The fourth-order valence-corrected chi connectivity index (χ4v) is 4.06. The van der Waals surface area contributed by atoms with E-state index in [0.717, 1.165) is 55.4 Å². The average Bonchev–Trinajstić information content (AvgIpc) is 3.07. The van der Waals surface area contributed by atoms with Crippen molar-refractivity contribution in [2.45, 2.75) is 26.9 Å². The van der Waals surface area contributed by atoms with Gasteiger partial charge in [0.15, 0.2) is 0 Å². The first-order valence-electron chi connectivity index (χ1n) is 11.0. The summed E-state index contributed by atoms with van der Waals surface area (Å²) in [5.74, 6) is -0.0931. The number of rotatable bonds is 6. The Bertz CT molecular complexity index is 1070. The Morgan fingerprint density at radius 1 is 0.969 bits per heavy atom. The third kappa shape index (κ3) is 5.21. The van der Waals surface area contributed by atoms with Crippen molar-refractivity contribution in [2.75, 3.05) is 33.2 Å². The number of carbonyl (C=O) groups is 1. The molecule has 0 atom stereocenters. The number of piperazine rings is 1. The monoisotopic (exact) mass is 451 g/mol. The summed E-state index contributed by atoms with van der Waals surface area (Å²) in [6, 6.07) is 15.9. The maximum atomic E-state index is 12.6. The molecule has 32 heavy (non-hydrogen) atoms. The number of carbonyl (C=O) groups excluding carboxylic acids is 1. The van der Waals surface area contributed by atoms with Gasteiger partial charge >= 0.3 is 0 Å². The van der Waals surface area contributed by atoms with Crippen molar-refractivity contribution in [3.05, 3.63) is 81.6 Å². The smallest absolute Gasteiger partial charge is 0.251 e. The zero-order valence-corrected chi connectivity index (χ0v) is 19.7. The van der Waals surface area contributed by atoms with Crippen LogP contribution in [-0.2, 0) is 13.1 Å². The topological polar surface area (TPSA) is 53.4 Å². The van der Waals surface area contributed by atoms with Gasteiger partial charge in [0.05, 0.1) is 22.1 Å². The highest BCUT2D eigenvalue weighted by atomic mass is 35.5. The molecule has 0 unspecified atom stereocenters. The molecule has 0 radical (unpaired) electrons. The van der Waals surface area contributed by atoms with Crippen molar-refractivity contribution in [1.29, 1.82) is 0 Å². The summed E-state index contributed by atoms with van der Waals surface area (Å²) in [5, 5.41) is 8.13. The molecular formula is C25H30ClN5O. The number of likely N-dealkylation sites (N-methyl/N-ethyl adjacent to an activating group) is 1. The summed E-state index contributed by atoms with van der Waals surface area (Å²) >= 11 is 6.24. The summed E-state index contributed by atoms with van der Waals surface area (Å²) in [5.41, 5.74) is 5.58. The summed E-state index contributed by atoms with van der Waals surface area (Å²) in [6.07, 6.45) is 0. The van der Waals surface area contributed by atoms with Crippen LogP contribution in [0.25, 0.3) is 5.69 Å². The molecule has 168 valence electrons. The van der Waals surface area contributed by atoms with E-state index in [9.17, 15) is 4.79 Å². The van der Waals surface area contributed by atoms with E-state index in [4.69, 9.17) is 11.6 Å². The van der Waals surface area contributed by atoms with Gasteiger partial charge in [0.2, 0.25) is 0 Å². The van der Waals surface area contributed by atoms with Gasteiger partial charge in [-0.15, -0.1) is 0 Å². The molecule has 1 fully saturated rings. The fourth-order valence-electron chi connectivity index (χ4n) is 3.94. The number of hydrogen-bond donors (Lipinski definition) is 1. The number of nitrogens with one attached hydrogen (secondary N) is 1. The Morgan fingerprint density at radius 3 is 2.19 bits per heavy atom. The molecule has 0 spiro atoms. The Kier molecular flexibility index (Phi) is 6.94. The highest BCUT2D eigenvalue weighted by Crippen LogP contribution is 2.22. The summed E-state index contributed by atoms with van der Waals surface area (Å²) < 4.78 is 1.79. The normalized spacial score (nSPS) is 15.1. The van der Waals surface area contributed by atoms with Crippen molar-refractivity contribution in [3.8, 4) is 5.69 Å². The number of halogens is 1. The molecule has 0 aliphatic carbocycles. The van der Waals surface area contributed by atoms with Crippen molar-refractivity contribution < 1.29 is 4.79 Å². The summed E-state index contributed by atoms with van der Waals surface area (Å²) in [7, 11) is 2.17. The van der Waals surface area contributed by atoms with Crippen molar-refractivity contribution in [2.24, 2.45) is 0 Å². The number of amides is 1. The molecule has 1 aromatic heterocycles. The first-order valence-corrected chi connectivity index (χ1v) is 11.4. The molecule has 3 aromatic rings. The summed E-state index contributed by atoms with van der Waals surface area (Å²) in [4.78, 5) is 17.4. The number of nitrogens with zero attached hydrogens (tertiary/aromatic N) is 4. The third-order valence-corrected chi connectivity index (χ3v) is 6.60.